The number of unbranched alkanes of at least 4 members (excludes halogenated alkanes) is 38. The van der Waals surface area contributed by atoms with E-state index in [-0.39, 0.29) is 31.1 Å². The van der Waals surface area contributed by atoms with Crippen molar-refractivity contribution in [3.63, 3.8) is 0 Å². The minimum atomic E-state index is -0.762. The van der Waals surface area contributed by atoms with Gasteiger partial charge in [-0.1, -0.05) is 291 Å². The predicted octanol–water partition coefficient (Wildman–Crippen LogP) is 19.3. The summed E-state index contributed by atoms with van der Waals surface area (Å²) in [6, 6.07) is 0. The van der Waals surface area contributed by atoms with Crippen molar-refractivity contribution in [3.8, 4) is 0 Å². The van der Waals surface area contributed by atoms with Crippen LogP contribution in [0.4, 0.5) is 0 Å². The fourth-order valence-electron chi connectivity index (χ4n) is 9.05. The molecule has 0 aliphatic rings. The van der Waals surface area contributed by atoms with E-state index in [0.29, 0.717) is 19.3 Å². The standard InChI is InChI=1S/C59H114O6/c1-6-7-8-9-10-11-12-13-19-25-31-36-41-46-51-59(62)65-56(53-64-58(61)50-45-40-35-30-26-21-23-28-33-38-43-48-55(4)5)52-63-57(60)49-44-39-34-29-24-20-17-15-14-16-18-22-27-32-37-42-47-54(2)3/h54-56H,6-53H2,1-5H3/t56-/m0/s1. The Morgan fingerprint density at radius 2 is 0.508 bits per heavy atom. The number of ether oxygens (including phenoxy) is 3. The number of esters is 3. The van der Waals surface area contributed by atoms with Crippen LogP contribution in [-0.4, -0.2) is 37.2 Å². The smallest absolute Gasteiger partial charge is 0.306 e. The first-order valence-corrected chi connectivity index (χ1v) is 29.2. The molecule has 0 bridgehead atoms. The molecule has 0 N–H and O–H groups in total. The van der Waals surface area contributed by atoms with Crippen LogP contribution in [0, 0.1) is 11.8 Å². The number of hydrogen-bond donors (Lipinski definition) is 0. The minimum absolute atomic E-state index is 0.0625. The van der Waals surface area contributed by atoms with Gasteiger partial charge >= 0.3 is 17.9 Å². The lowest BCUT2D eigenvalue weighted by molar-refractivity contribution is -0.167. The monoisotopic (exact) mass is 919 g/mol. The topological polar surface area (TPSA) is 78.9 Å². The zero-order valence-corrected chi connectivity index (χ0v) is 44.6. The Morgan fingerprint density at radius 1 is 0.292 bits per heavy atom. The number of carbonyl (C=O) groups is 3. The van der Waals surface area contributed by atoms with E-state index < -0.39 is 6.10 Å². The van der Waals surface area contributed by atoms with E-state index in [0.717, 1.165) is 69.6 Å². The van der Waals surface area contributed by atoms with Crippen molar-refractivity contribution >= 4 is 17.9 Å². The molecule has 0 spiro atoms. The summed E-state index contributed by atoms with van der Waals surface area (Å²) in [5, 5.41) is 0. The maximum Gasteiger partial charge on any atom is 0.306 e. The molecule has 0 aromatic carbocycles. The van der Waals surface area contributed by atoms with Crippen molar-refractivity contribution in [1.29, 1.82) is 0 Å². The fourth-order valence-corrected chi connectivity index (χ4v) is 9.05. The maximum absolute atomic E-state index is 12.8. The van der Waals surface area contributed by atoms with Crippen LogP contribution in [0.2, 0.25) is 0 Å². The van der Waals surface area contributed by atoms with Gasteiger partial charge in [0, 0.05) is 19.3 Å². The fraction of sp³-hybridized carbons (Fsp3) is 0.949. The molecule has 0 unspecified atom stereocenters. The lowest BCUT2D eigenvalue weighted by Gasteiger charge is -2.18. The van der Waals surface area contributed by atoms with Crippen LogP contribution in [0.15, 0.2) is 0 Å². The highest BCUT2D eigenvalue weighted by atomic mass is 16.6. The molecule has 0 fully saturated rings. The summed E-state index contributed by atoms with van der Waals surface area (Å²) >= 11 is 0. The van der Waals surface area contributed by atoms with Crippen LogP contribution < -0.4 is 0 Å². The first kappa shape index (κ1) is 63.4. The van der Waals surface area contributed by atoms with Gasteiger partial charge in [-0.25, -0.2) is 0 Å². The summed E-state index contributed by atoms with van der Waals surface area (Å²) in [4.78, 5) is 38.1. The zero-order valence-electron chi connectivity index (χ0n) is 44.6. The first-order valence-electron chi connectivity index (χ1n) is 29.2. The molecule has 0 aromatic heterocycles. The average molecular weight is 920 g/mol. The molecule has 1 atom stereocenters. The van der Waals surface area contributed by atoms with Crippen molar-refractivity contribution in [2.24, 2.45) is 11.8 Å². The molecule has 0 saturated heterocycles. The molecule has 0 amide bonds. The van der Waals surface area contributed by atoms with Crippen molar-refractivity contribution in [1.82, 2.24) is 0 Å². The minimum Gasteiger partial charge on any atom is -0.462 e. The van der Waals surface area contributed by atoms with Crippen molar-refractivity contribution in [2.45, 2.75) is 336 Å². The normalized spacial score (nSPS) is 12.0. The molecule has 65 heavy (non-hydrogen) atoms. The van der Waals surface area contributed by atoms with Gasteiger partial charge < -0.3 is 14.2 Å². The van der Waals surface area contributed by atoms with E-state index >= 15 is 0 Å². The SMILES string of the molecule is CCCCCCCCCCCCCCCCC(=O)O[C@@H](COC(=O)CCCCCCCCCCCCCCCCCCC(C)C)COC(=O)CCCCCCCCCCCCCC(C)C. The third-order valence-corrected chi connectivity index (χ3v) is 13.5. The predicted molar refractivity (Wildman–Crippen MR) is 280 cm³/mol. The van der Waals surface area contributed by atoms with Crippen molar-refractivity contribution < 1.29 is 28.6 Å². The highest BCUT2D eigenvalue weighted by Crippen LogP contribution is 2.18. The van der Waals surface area contributed by atoms with Crippen molar-refractivity contribution in [2.75, 3.05) is 13.2 Å². The van der Waals surface area contributed by atoms with Crippen LogP contribution in [-0.2, 0) is 28.6 Å². The molecule has 6 heteroatoms. The maximum atomic E-state index is 12.8. The molecule has 0 rings (SSSR count). The van der Waals surface area contributed by atoms with E-state index in [1.54, 1.807) is 0 Å². The van der Waals surface area contributed by atoms with Gasteiger partial charge in [-0.2, -0.15) is 0 Å². The third kappa shape index (κ3) is 53.2. The summed E-state index contributed by atoms with van der Waals surface area (Å²) in [5.74, 6) is 0.842. The molecule has 0 heterocycles. The summed E-state index contributed by atoms with van der Waals surface area (Å²) in [6.07, 6.45) is 55.2. The second kappa shape index (κ2) is 51.8. The molecule has 0 aliphatic heterocycles. The Labute approximate surface area is 406 Å². The molecular weight excluding hydrogens is 805 g/mol. The van der Waals surface area contributed by atoms with Gasteiger partial charge in [0.2, 0.25) is 0 Å². The Hall–Kier alpha value is -1.59. The molecule has 386 valence electrons. The van der Waals surface area contributed by atoms with Gasteiger partial charge in [-0.05, 0) is 31.1 Å². The van der Waals surface area contributed by atoms with Gasteiger partial charge in [0.05, 0.1) is 0 Å². The molecule has 0 saturated carbocycles. The second-order valence-electron chi connectivity index (χ2n) is 21.2. The second-order valence-corrected chi connectivity index (χ2v) is 21.2. The highest BCUT2D eigenvalue weighted by Gasteiger charge is 2.19. The van der Waals surface area contributed by atoms with E-state index in [1.807, 2.05) is 0 Å². The van der Waals surface area contributed by atoms with E-state index in [4.69, 9.17) is 14.2 Å². The molecule has 0 aromatic rings. The highest BCUT2D eigenvalue weighted by molar-refractivity contribution is 5.71. The van der Waals surface area contributed by atoms with Gasteiger partial charge in [-0.15, -0.1) is 0 Å². The Kier molecular flexibility index (Phi) is 50.5. The van der Waals surface area contributed by atoms with Gasteiger partial charge in [0.25, 0.3) is 0 Å². The van der Waals surface area contributed by atoms with E-state index in [1.165, 1.54) is 218 Å². The molecular formula is C59H114O6. The Bertz CT molecular complexity index is 993. The average Bonchev–Trinajstić information content (AvgIpc) is 3.28. The Morgan fingerprint density at radius 3 is 0.754 bits per heavy atom. The number of rotatable bonds is 53. The van der Waals surface area contributed by atoms with Gasteiger partial charge in [0.1, 0.15) is 13.2 Å². The molecule has 6 nitrogen and oxygen atoms in total. The first-order chi connectivity index (χ1) is 31.7. The van der Waals surface area contributed by atoms with Crippen LogP contribution in [0.3, 0.4) is 0 Å². The van der Waals surface area contributed by atoms with Crippen LogP contribution in [0.25, 0.3) is 0 Å². The van der Waals surface area contributed by atoms with E-state index in [9.17, 15) is 14.4 Å². The quantitative estimate of drug-likeness (QED) is 0.0344. The van der Waals surface area contributed by atoms with Crippen LogP contribution >= 0.6 is 0 Å². The number of carbonyl (C=O) groups excluding carboxylic acids is 3. The Balaban J connectivity index is 4.27. The molecule has 0 aliphatic carbocycles. The lowest BCUT2D eigenvalue weighted by Crippen LogP contribution is -2.30. The van der Waals surface area contributed by atoms with Gasteiger partial charge in [-0.3, -0.25) is 14.4 Å². The number of hydrogen-bond acceptors (Lipinski definition) is 6. The molecule has 0 radical (unpaired) electrons. The lowest BCUT2D eigenvalue weighted by atomic mass is 10.0. The van der Waals surface area contributed by atoms with E-state index in [2.05, 4.69) is 34.6 Å². The zero-order chi connectivity index (χ0) is 47.5. The summed E-state index contributed by atoms with van der Waals surface area (Å²) in [7, 11) is 0. The van der Waals surface area contributed by atoms with Crippen molar-refractivity contribution in [3.05, 3.63) is 0 Å². The van der Waals surface area contributed by atoms with Crippen LogP contribution in [0.1, 0.15) is 330 Å². The summed E-state index contributed by atoms with van der Waals surface area (Å²) < 4.78 is 16.9. The third-order valence-electron chi connectivity index (χ3n) is 13.5. The largest absolute Gasteiger partial charge is 0.462 e. The van der Waals surface area contributed by atoms with Gasteiger partial charge in [0.15, 0.2) is 6.10 Å². The van der Waals surface area contributed by atoms with Crippen LogP contribution in [0.5, 0.6) is 0 Å². The summed E-state index contributed by atoms with van der Waals surface area (Å²) in [6.45, 7) is 11.4. The summed E-state index contributed by atoms with van der Waals surface area (Å²) in [5.41, 5.74) is 0.